The molecule has 0 aliphatic rings. The van der Waals surface area contributed by atoms with Crippen LogP contribution in [0.1, 0.15) is 37.7 Å². The molecule has 2 aromatic heterocycles. The van der Waals surface area contributed by atoms with Crippen molar-refractivity contribution in [3.8, 4) is 5.69 Å². The number of carbonyl (C=O) groups excluding carboxylic acids is 2. The summed E-state index contributed by atoms with van der Waals surface area (Å²) in [5, 5.41) is 8.70. The molecule has 0 saturated heterocycles. The van der Waals surface area contributed by atoms with Crippen LogP contribution >= 0.6 is 0 Å². The van der Waals surface area contributed by atoms with Gasteiger partial charge in [0.1, 0.15) is 0 Å². The molecule has 0 fully saturated rings. The quantitative estimate of drug-likeness (QED) is 0.428. The lowest BCUT2D eigenvalue weighted by Crippen LogP contribution is -2.16. The summed E-state index contributed by atoms with van der Waals surface area (Å²) in [6.07, 6.45) is -0.397. The molecule has 0 radical (unpaired) electrons. The molecule has 8 nitrogen and oxygen atoms in total. The van der Waals surface area contributed by atoms with Gasteiger partial charge >= 0.3 is 6.18 Å². The van der Waals surface area contributed by atoms with E-state index in [-0.39, 0.29) is 22.7 Å². The van der Waals surface area contributed by atoms with Gasteiger partial charge in [-0.25, -0.2) is 4.98 Å². The summed E-state index contributed by atoms with van der Waals surface area (Å²) in [4.78, 5) is 29.1. The number of amides is 2. The van der Waals surface area contributed by atoms with E-state index < -0.39 is 23.6 Å². The van der Waals surface area contributed by atoms with Crippen molar-refractivity contribution in [3.05, 3.63) is 89.3 Å². The van der Waals surface area contributed by atoms with E-state index in [1.807, 2.05) is 0 Å². The molecule has 2 heterocycles. The Labute approximate surface area is 191 Å². The van der Waals surface area contributed by atoms with Gasteiger partial charge in [-0.15, -0.1) is 0 Å². The van der Waals surface area contributed by atoms with Gasteiger partial charge in [-0.05, 0) is 49.7 Å². The van der Waals surface area contributed by atoms with Crippen molar-refractivity contribution < 1.29 is 27.3 Å². The zero-order valence-corrected chi connectivity index (χ0v) is 18.0. The molecule has 174 valence electrons. The Bertz CT molecular complexity index is 1360. The molecule has 34 heavy (non-hydrogen) atoms. The fraction of sp³-hybridized carbons (Fsp3) is 0.130. The van der Waals surface area contributed by atoms with Crippen LogP contribution in [0.4, 0.5) is 24.5 Å². The number of nitrogens with one attached hydrogen (secondary N) is 2. The summed E-state index contributed by atoms with van der Waals surface area (Å²) in [5.74, 6) is -1.29. The van der Waals surface area contributed by atoms with Crippen molar-refractivity contribution in [1.29, 1.82) is 0 Å². The van der Waals surface area contributed by atoms with E-state index in [1.54, 1.807) is 32.2 Å². The predicted octanol–water partition coefficient (Wildman–Crippen LogP) is 5.00. The molecule has 0 bridgehead atoms. The van der Waals surface area contributed by atoms with Crippen LogP contribution in [-0.2, 0) is 6.18 Å². The van der Waals surface area contributed by atoms with Gasteiger partial charge in [-0.1, -0.05) is 11.2 Å². The number of anilines is 2. The maximum Gasteiger partial charge on any atom is 0.416 e. The number of alkyl halides is 3. The molecule has 11 heteroatoms. The molecule has 0 aliphatic heterocycles. The SMILES string of the molecule is Cc1cn(-c2cc(C(=O)Nc3ccc(C)c(NC(=O)c4ccno4)c3)cc(C(F)(F)F)c2)cn1. The first-order valence-electron chi connectivity index (χ1n) is 9.97. The number of hydrogen-bond acceptors (Lipinski definition) is 5. The minimum absolute atomic E-state index is 0.0000668. The summed E-state index contributed by atoms with van der Waals surface area (Å²) in [6, 6.07) is 9.18. The molecule has 4 aromatic rings. The fourth-order valence-corrected chi connectivity index (χ4v) is 3.17. The fourth-order valence-electron chi connectivity index (χ4n) is 3.17. The number of aromatic nitrogens is 3. The van der Waals surface area contributed by atoms with Crippen LogP contribution in [-0.4, -0.2) is 26.5 Å². The zero-order chi connectivity index (χ0) is 24.5. The molecular weight excluding hydrogens is 451 g/mol. The largest absolute Gasteiger partial charge is 0.416 e. The van der Waals surface area contributed by atoms with Gasteiger partial charge in [-0.2, -0.15) is 13.2 Å². The van der Waals surface area contributed by atoms with Crippen LogP contribution in [0.5, 0.6) is 0 Å². The van der Waals surface area contributed by atoms with Crippen molar-refractivity contribution in [2.75, 3.05) is 10.6 Å². The van der Waals surface area contributed by atoms with Crippen LogP contribution in [0.25, 0.3) is 5.69 Å². The van der Waals surface area contributed by atoms with Gasteiger partial charge in [0.2, 0.25) is 5.76 Å². The normalized spacial score (nSPS) is 11.3. The molecule has 0 saturated carbocycles. The van der Waals surface area contributed by atoms with Crippen LogP contribution in [0, 0.1) is 13.8 Å². The third-order valence-corrected chi connectivity index (χ3v) is 4.92. The number of halogens is 3. The predicted molar refractivity (Wildman–Crippen MR) is 117 cm³/mol. The van der Waals surface area contributed by atoms with Crippen LogP contribution in [0.15, 0.2) is 65.7 Å². The third kappa shape index (κ3) is 4.98. The number of rotatable bonds is 5. The molecule has 0 aliphatic carbocycles. The Balaban J connectivity index is 1.61. The van der Waals surface area contributed by atoms with Crippen molar-refractivity contribution in [1.82, 2.24) is 14.7 Å². The Morgan fingerprint density at radius 1 is 1.00 bits per heavy atom. The lowest BCUT2D eigenvalue weighted by atomic mass is 10.1. The van der Waals surface area contributed by atoms with E-state index in [9.17, 15) is 22.8 Å². The standard InChI is InChI=1S/C23H18F3N5O3/c1-13-3-4-17(10-19(13)30-22(33)20-5-6-28-34-20)29-21(32)15-7-16(23(24,25)26)9-18(8-15)31-11-14(2)27-12-31/h3-12H,1-2H3,(H,29,32)(H,30,33). The first-order chi connectivity index (χ1) is 16.1. The van der Waals surface area contributed by atoms with Gasteiger partial charge < -0.3 is 19.7 Å². The molecular formula is C23H18F3N5O3. The number of aryl methyl sites for hydroxylation is 2. The highest BCUT2D eigenvalue weighted by Gasteiger charge is 2.32. The van der Waals surface area contributed by atoms with E-state index in [0.717, 1.165) is 12.1 Å². The first-order valence-corrected chi connectivity index (χ1v) is 9.97. The Morgan fingerprint density at radius 2 is 1.79 bits per heavy atom. The number of imidazole rings is 1. The maximum absolute atomic E-state index is 13.5. The highest BCUT2D eigenvalue weighted by Crippen LogP contribution is 2.32. The van der Waals surface area contributed by atoms with Gasteiger partial charge in [0.05, 0.1) is 23.8 Å². The van der Waals surface area contributed by atoms with Gasteiger partial charge in [-0.3, -0.25) is 9.59 Å². The molecule has 2 N–H and O–H groups in total. The smallest absolute Gasteiger partial charge is 0.351 e. The molecule has 0 spiro atoms. The lowest BCUT2D eigenvalue weighted by Gasteiger charge is -2.14. The second-order valence-corrected chi connectivity index (χ2v) is 7.50. The lowest BCUT2D eigenvalue weighted by molar-refractivity contribution is -0.137. The Kier molecular flexibility index (Phi) is 5.93. The van der Waals surface area contributed by atoms with Gasteiger partial charge in [0.15, 0.2) is 0 Å². The second-order valence-electron chi connectivity index (χ2n) is 7.50. The molecule has 0 unspecified atom stereocenters. The van der Waals surface area contributed by atoms with Gasteiger partial charge in [0, 0.05) is 34.9 Å². The van der Waals surface area contributed by atoms with E-state index in [1.165, 1.54) is 35.3 Å². The monoisotopic (exact) mass is 469 g/mol. The van der Waals surface area contributed by atoms with Crippen LogP contribution in [0.2, 0.25) is 0 Å². The maximum atomic E-state index is 13.5. The van der Waals surface area contributed by atoms with E-state index in [2.05, 4.69) is 20.8 Å². The van der Waals surface area contributed by atoms with Crippen molar-refractivity contribution >= 4 is 23.2 Å². The van der Waals surface area contributed by atoms with Crippen LogP contribution < -0.4 is 10.6 Å². The Morgan fingerprint density at radius 3 is 2.44 bits per heavy atom. The molecule has 0 atom stereocenters. The summed E-state index contributed by atoms with van der Waals surface area (Å²) < 4.78 is 46.7. The summed E-state index contributed by atoms with van der Waals surface area (Å²) >= 11 is 0. The number of hydrogen-bond donors (Lipinski definition) is 2. The van der Waals surface area contributed by atoms with E-state index >= 15 is 0 Å². The first kappa shape index (κ1) is 22.8. The van der Waals surface area contributed by atoms with Crippen molar-refractivity contribution in [3.63, 3.8) is 0 Å². The molecule has 2 aromatic carbocycles. The summed E-state index contributed by atoms with van der Waals surface area (Å²) in [5.41, 5.74) is 0.961. The molecule has 2 amide bonds. The van der Waals surface area contributed by atoms with E-state index in [4.69, 9.17) is 4.52 Å². The zero-order valence-electron chi connectivity index (χ0n) is 18.0. The van der Waals surface area contributed by atoms with Crippen molar-refractivity contribution in [2.45, 2.75) is 20.0 Å². The van der Waals surface area contributed by atoms with Gasteiger partial charge in [0.25, 0.3) is 11.8 Å². The Hall–Kier alpha value is -4.41. The highest BCUT2D eigenvalue weighted by atomic mass is 19.4. The minimum atomic E-state index is -4.65. The molecule has 4 rings (SSSR count). The number of nitrogens with zero attached hydrogens (tertiary/aromatic N) is 3. The van der Waals surface area contributed by atoms with E-state index in [0.29, 0.717) is 16.9 Å². The highest BCUT2D eigenvalue weighted by molar-refractivity contribution is 6.06. The third-order valence-electron chi connectivity index (χ3n) is 4.92. The van der Waals surface area contributed by atoms with Crippen LogP contribution in [0.3, 0.4) is 0 Å². The average molecular weight is 469 g/mol. The van der Waals surface area contributed by atoms with Crippen molar-refractivity contribution in [2.24, 2.45) is 0 Å². The summed E-state index contributed by atoms with van der Waals surface area (Å²) in [6.45, 7) is 3.45. The minimum Gasteiger partial charge on any atom is -0.351 e. The second kappa shape index (κ2) is 8.85. The number of carbonyl (C=O) groups is 2. The summed E-state index contributed by atoms with van der Waals surface area (Å²) in [7, 11) is 0. The average Bonchev–Trinajstić information content (AvgIpc) is 3.47. The number of benzene rings is 2. The topological polar surface area (TPSA) is 102 Å².